The average molecular weight is 393 g/mol. The van der Waals surface area contributed by atoms with E-state index in [1.54, 1.807) is 12.1 Å². The summed E-state index contributed by atoms with van der Waals surface area (Å²) >= 11 is 3.35. The van der Waals surface area contributed by atoms with E-state index in [0.29, 0.717) is 24.4 Å². The summed E-state index contributed by atoms with van der Waals surface area (Å²) in [6.45, 7) is 2.21. The molecule has 1 heterocycles. The number of carbonyl (C=O) groups is 2. The van der Waals surface area contributed by atoms with E-state index in [4.69, 9.17) is 0 Å². The van der Waals surface area contributed by atoms with Gasteiger partial charge in [0, 0.05) is 36.1 Å². The minimum absolute atomic E-state index is 0.124. The normalized spacial score (nSPS) is 23.5. The molecule has 3 rings (SSSR count). The Bertz CT molecular complexity index is 588. The molecule has 130 valence electrons. The zero-order valence-electron chi connectivity index (χ0n) is 14.0. The van der Waals surface area contributed by atoms with E-state index in [9.17, 15) is 9.59 Å². The van der Waals surface area contributed by atoms with Gasteiger partial charge in [-0.2, -0.15) is 0 Å². The summed E-state index contributed by atoms with van der Waals surface area (Å²) in [5.74, 6) is 1.59. The van der Waals surface area contributed by atoms with Crippen molar-refractivity contribution in [1.29, 1.82) is 0 Å². The highest BCUT2D eigenvalue weighted by molar-refractivity contribution is 9.10. The largest absolute Gasteiger partial charge is 0.352 e. The van der Waals surface area contributed by atoms with Crippen LogP contribution in [0.5, 0.6) is 0 Å². The highest BCUT2D eigenvalue weighted by Gasteiger charge is 2.32. The molecule has 1 aliphatic carbocycles. The number of nitrogens with zero attached hydrogens (tertiary/aromatic N) is 1. The van der Waals surface area contributed by atoms with Gasteiger partial charge in [-0.15, -0.1) is 0 Å². The van der Waals surface area contributed by atoms with Gasteiger partial charge < -0.3 is 10.2 Å². The molecule has 24 heavy (non-hydrogen) atoms. The molecule has 2 amide bonds. The molecule has 1 saturated carbocycles. The monoisotopic (exact) mass is 392 g/mol. The van der Waals surface area contributed by atoms with Crippen LogP contribution in [0, 0.1) is 11.8 Å². The van der Waals surface area contributed by atoms with Crippen LogP contribution in [0.3, 0.4) is 0 Å². The number of hydrogen-bond donors (Lipinski definition) is 1. The summed E-state index contributed by atoms with van der Waals surface area (Å²) in [5, 5.41) is 2.84. The first-order valence-electron chi connectivity index (χ1n) is 8.95. The van der Waals surface area contributed by atoms with Crippen molar-refractivity contribution in [3.63, 3.8) is 0 Å². The van der Waals surface area contributed by atoms with Crippen LogP contribution in [0.15, 0.2) is 28.7 Å². The summed E-state index contributed by atoms with van der Waals surface area (Å²) < 4.78 is 0.945. The highest BCUT2D eigenvalue weighted by Crippen LogP contribution is 2.36. The van der Waals surface area contributed by atoms with Gasteiger partial charge in [0.05, 0.1) is 0 Å². The van der Waals surface area contributed by atoms with Crippen LogP contribution in [0.25, 0.3) is 0 Å². The molecule has 1 aromatic rings. The third-order valence-electron chi connectivity index (χ3n) is 5.37. The van der Waals surface area contributed by atoms with Crippen LogP contribution < -0.4 is 5.32 Å². The molecule has 0 spiro atoms. The minimum Gasteiger partial charge on any atom is -0.352 e. The number of amides is 2. The summed E-state index contributed by atoms with van der Waals surface area (Å²) in [7, 11) is 0. The molecule has 1 N–H and O–H groups in total. The third kappa shape index (κ3) is 4.38. The average Bonchev–Trinajstić information content (AvgIpc) is 2.61. The van der Waals surface area contributed by atoms with Crippen LogP contribution in [-0.2, 0) is 4.79 Å². The van der Waals surface area contributed by atoms with Gasteiger partial charge in [-0.05, 0) is 48.9 Å². The van der Waals surface area contributed by atoms with Gasteiger partial charge in [0.15, 0.2) is 0 Å². The Morgan fingerprint density at radius 3 is 2.54 bits per heavy atom. The number of nitrogens with one attached hydrogen (secondary N) is 1. The van der Waals surface area contributed by atoms with Crippen LogP contribution in [-0.4, -0.2) is 36.3 Å². The Morgan fingerprint density at radius 1 is 1.08 bits per heavy atom. The van der Waals surface area contributed by atoms with Crippen LogP contribution in [0.2, 0.25) is 0 Å². The maximum atomic E-state index is 12.4. The molecule has 2 atom stereocenters. The van der Waals surface area contributed by atoms with Crippen molar-refractivity contribution in [3.05, 3.63) is 34.3 Å². The molecule has 1 aliphatic heterocycles. The van der Waals surface area contributed by atoms with Crippen LogP contribution >= 0.6 is 15.9 Å². The molecule has 5 heteroatoms. The van der Waals surface area contributed by atoms with Crippen molar-refractivity contribution in [2.45, 2.75) is 38.5 Å². The van der Waals surface area contributed by atoms with Crippen molar-refractivity contribution >= 4 is 27.7 Å². The summed E-state index contributed by atoms with van der Waals surface area (Å²) in [4.78, 5) is 26.5. The van der Waals surface area contributed by atoms with Crippen molar-refractivity contribution in [2.75, 3.05) is 19.6 Å². The Hall–Kier alpha value is -1.36. The Kier molecular flexibility index (Phi) is 5.93. The molecular formula is C19H25BrN2O2. The van der Waals surface area contributed by atoms with Crippen molar-refractivity contribution in [1.82, 2.24) is 10.2 Å². The number of piperidine rings is 1. The van der Waals surface area contributed by atoms with E-state index in [1.807, 2.05) is 17.0 Å². The maximum Gasteiger partial charge on any atom is 0.251 e. The van der Waals surface area contributed by atoms with Gasteiger partial charge in [0.25, 0.3) is 5.91 Å². The van der Waals surface area contributed by atoms with Gasteiger partial charge in [0.2, 0.25) is 5.91 Å². The SMILES string of the molecule is O=C(NCCC(=O)N1CC[C@H]2CCCC[C@H]2C1)c1ccc(Br)cc1. The number of benzene rings is 1. The molecule has 0 bridgehead atoms. The molecule has 0 unspecified atom stereocenters. The fourth-order valence-electron chi connectivity index (χ4n) is 3.97. The smallest absolute Gasteiger partial charge is 0.251 e. The molecule has 2 fully saturated rings. The molecule has 2 aliphatic rings. The van der Waals surface area contributed by atoms with Crippen molar-refractivity contribution in [2.24, 2.45) is 11.8 Å². The predicted octanol–water partition coefficient (Wildman–Crippen LogP) is 3.61. The fraction of sp³-hybridized carbons (Fsp3) is 0.579. The topological polar surface area (TPSA) is 49.4 Å². The van der Waals surface area contributed by atoms with Crippen LogP contribution in [0.1, 0.15) is 48.9 Å². The number of likely N-dealkylation sites (tertiary alicyclic amines) is 1. The quantitative estimate of drug-likeness (QED) is 0.850. The lowest BCUT2D eigenvalue weighted by Crippen LogP contribution is -2.45. The van der Waals surface area contributed by atoms with E-state index >= 15 is 0 Å². The first-order chi connectivity index (χ1) is 11.6. The lowest BCUT2D eigenvalue weighted by Gasteiger charge is -2.41. The minimum atomic E-state index is -0.124. The van der Waals surface area contributed by atoms with E-state index in [2.05, 4.69) is 21.2 Å². The summed E-state index contributed by atoms with van der Waals surface area (Å²) in [6.07, 6.45) is 6.83. The van der Waals surface area contributed by atoms with Crippen molar-refractivity contribution < 1.29 is 9.59 Å². The second kappa shape index (κ2) is 8.15. The van der Waals surface area contributed by atoms with Gasteiger partial charge in [-0.25, -0.2) is 0 Å². The molecule has 1 aromatic carbocycles. The second-order valence-corrected chi connectivity index (χ2v) is 7.86. The van der Waals surface area contributed by atoms with Crippen LogP contribution in [0.4, 0.5) is 0 Å². The standard InChI is InChI=1S/C19H25BrN2O2/c20-17-7-5-15(6-8-17)19(24)21-11-9-18(23)22-12-10-14-3-1-2-4-16(14)13-22/h5-8,14,16H,1-4,9-13H2,(H,21,24)/t14-,16+/m1/s1. The van der Waals surface area contributed by atoms with Gasteiger partial charge in [0.1, 0.15) is 0 Å². The summed E-state index contributed by atoms with van der Waals surface area (Å²) in [5.41, 5.74) is 0.619. The molecule has 1 saturated heterocycles. The van der Waals surface area contributed by atoms with Gasteiger partial charge in [-0.3, -0.25) is 9.59 Å². The predicted molar refractivity (Wildman–Crippen MR) is 97.7 cm³/mol. The lowest BCUT2D eigenvalue weighted by molar-refractivity contribution is -0.134. The number of rotatable bonds is 4. The van der Waals surface area contributed by atoms with E-state index in [1.165, 1.54) is 25.7 Å². The Morgan fingerprint density at radius 2 is 1.79 bits per heavy atom. The second-order valence-electron chi connectivity index (χ2n) is 6.95. The van der Waals surface area contributed by atoms with E-state index in [-0.39, 0.29) is 11.8 Å². The fourth-order valence-corrected chi connectivity index (χ4v) is 4.24. The summed E-state index contributed by atoms with van der Waals surface area (Å²) in [6, 6.07) is 7.23. The highest BCUT2D eigenvalue weighted by atomic mass is 79.9. The van der Waals surface area contributed by atoms with Gasteiger partial charge >= 0.3 is 0 Å². The van der Waals surface area contributed by atoms with Gasteiger partial charge in [-0.1, -0.05) is 35.2 Å². The third-order valence-corrected chi connectivity index (χ3v) is 5.90. The molecule has 0 radical (unpaired) electrons. The molecule has 0 aromatic heterocycles. The lowest BCUT2D eigenvalue weighted by atomic mass is 9.75. The number of hydrogen-bond acceptors (Lipinski definition) is 2. The number of halogens is 1. The number of carbonyl (C=O) groups excluding carboxylic acids is 2. The number of fused-ring (bicyclic) bond motifs is 1. The molecule has 4 nitrogen and oxygen atoms in total. The zero-order chi connectivity index (χ0) is 16.9. The molecular weight excluding hydrogens is 368 g/mol. The van der Waals surface area contributed by atoms with E-state index in [0.717, 1.165) is 29.9 Å². The maximum absolute atomic E-state index is 12.4. The zero-order valence-corrected chi connectivity index (χ0v) is 15.6. The first-order valence-corrected chi connectivity index (χ1v) is 9.74. The van der Waals surface area contributed by atoms with E-state index < -0.39 is 0 Å². The Balaban J connectivity index is 1.42. The van der Waals surface area contributed by atoms with Crippen molar-refractivity contribution in [3.8, 4) is 0 Å². The first kappa shape index (κ1) is 17.5. The Labute approximate surface area is 152 Å².